The van der Waals surface area contributed by atoms with Crippen LogP contribution < -0.4 is 0 Å². The van der Waals surface area contributed by atoms with Crippen LogP contribution in [0.5, 0.6) is 0 Å². The molecule has 0 radical (unpaired) electrons. The van der Waals surface area contributed by atoms with Crippen LogP contribution in [-0.4, -0.2) is 24.0 Å². The minimum absolute atomic E-state index is 0.142. The summed E-state index contributed by atoms with van der Waals surface area (Å²) in [6, 6.07) is 49.1. The van der Waals surface area contributed by atoms with Gasteiger partial charge in [-0.2, -0.15) is 0 Å². The molecule has 0 bridgehead atoms. The van der Waals surface area contributed by atoms with Crippen molar-refractivity contribution in [3.63, 3.8) is 0 Å². The van der Waals surface area contributed by atoms with Gasteiger partial charge in [-0.3, -0.25) is 0 Å². The van der Waals surface area contributed by atoms with Crippen LogP contribution >= 0.6 is 0 Å². The maximum Gasteiger partial charge on any atom is 0.511 e. The molecule has 44 heavy (non-hydrogen) atoms. The molecule has 214 valence electrons. The highest BCUT2D eigenvalue weighted by atomic mass is 16.8. The molecule has 0 spiro atoms. The van der Waals surface area contributed by atoms with E-state index in [1.807, 2.05) is 152 Å². The predicted molar refractivity (Wildman–Crippen MR) is 171 cm³/mol. The van der Waals surface area contributed by atoms with Crippen molar-refractivity contribution in [1.82, 2.24) is 0 Å². The van der Waals surface area contributed by atoms with E-state index in [9.17, 15) is 4.79 Å². The fourth-order valence-electron chi connectivity index (χ4n) is 5.37. The van der Waals surface area contributed by atoms with Crippen LogP contribution in [0.1, 0.15) is 34.7 Å². The molecule has 1 aliphatic heterocycles. The Morgan fingerprint density at radius 1 is 0.568 bits per heavy atom. The van der Waals surface area contributed by atoms with E-state index in [2.05, 4.69) is 23.7 Å². The summed E-state index contributed by atoms with van der Waals surface area (Å²) in [5, 5.41) is 0. The largest absolute Gasteiger partial charge is 0.511 e. The monoisotopic (exact) mass is 574 g/mol. The molecule has 2 atom stereocenters. The summed E-state index contributed by atoms with van der Waals surface area (Å²) in [7, 11) is 0. The van der Waals surface area contributed by atoms with Crippen LogP contribution in [0.15, 0.2) is 152 Å². The average molecular weight is 575 g/mol. The highest BCUT2D eigenvalue weighted by Crippen LogP contribution is 2.44. The Morgan fingerprint density at radius 3 is 1.39 bits per heavy atom. The average Bonchev–Trinajstić information content (AvgIpc) is 3.34. The quantitative estimate of drug-likeness (QED) is 0.118. The molecule has 0 aromatic heterocycles. The smallest absolute Gasteiger partial charge is 0.409 e. The van der Waals surface area contributed by atoms with E-state index in [0.29, 0.717) is 0 Å². The summed E-state index contributed by atoms with van der Waals surface area (Å²) in [5.41, 5.74) is 0.141. The van der Waals surface area contributed by atoms with Crippen molar-refractivity contribution >= 4 is 6.16 Å². The Labute approximate surface area is 258 Å². The molecular weight excluding hydrogens is 544 g/mol. The number of carbonyl (C=O) groups excluding carboxylic acids is 1. The Morgan fingerprint density at radius 2 is 0.955 bits per heavy atom. The van der Waals surface area contributed by atoms with Gasteiger partial charge in [0.1, 0.15) is 12.2 Å². The van der Waals surface area contributed by atoms with Gasteiger partial charge in [-0.05, 0) is 59.7 Å². The summed E-state index contributed by atoms with van der Waals surface area (Å²) in [6.07, 6.45) is -0.856. The van der Waals surface area contributed by atoms with Crippen LogP contribution in [0.3, 0.4) is 0 Å². The molecule has 0 N–H and O–H groups in total. The number of rotatable bonds is 6. The lowest BCUT2D eigenvalue weighted by molar-refractivity contribution is -0.0782. The summed E-state index contributed by atoms with van der Waals surface area (Å²) < 4.78 is 19.0. The lowest BCUT2D eigenvalue weighted by Gasteiger charge is -2.39. The normalized spacial score (nSPS) is 19.0. The molecule has 6 rings (SSSR count). The van der Waals surface area contributed by atoms with Crippen molar-refractivity contribution in [3.8, 4) is 23.7 Å². The summed E-state index contributed by atoms with van der Waals surface area (Å²) in [4.78, 5) is 13.0. The first kappa shape index (κ1) is 28.6. The second kappa shape index (κ2) is 12.4. The Bertz CT molecular complexity index is 1740. The van der Waals surface area contributed by atoms with Crippen LogP contribution in [0.2, 0.25) is 0 Å². The highest BCUT2D eigenvalue weighted by molar-refractivity contribution is 5.68. The standard InChI is InChI=1S/C40H30O4/c1-38(29-27-32-17-7-2-8-18-32)39(44-37(41)43-38,30-28-33-19-9-3-10-20-33)31-42-40(34-21-11-4-12-22-34,35-23-13-5-14-24-35)36-25-15-6-16-26-36/h2-26H,31H2,1H3/t38-,39-/m1/s1. The maximum atomic E-state index is 13.0. The fraction of sp³-hybridized carbons (Fsp3) is 0.125. The number of ether oxygens (including phenoxy) is 3. The van der Waals surface area contributed by atoms with Crippen molar-refractivity contribution < 1.29 is 19.0 Å². The third kappa shape index (κ3) is 5.60. The van der Waals surface area contributed by atoms with Gasteiger partial charge < -0.3 is 14.2 Å². The SMILES string of the molecule is C[C@]1(C#Cc2ccccc2)OC(=O)O[C@]1(C#Cc1ccccc1)COC(c1ccccc1)(c1ccccc1)c1ccccc1. The Balaban J connectivity index is 1.53. The lowest BCUT2D eigenvalue weighted by atomic mass is 9.79. The number of carbonyl (C=O) groups is 1. The molecule has 1 saturated heterocycles. The van der Waals surface area contributed by atoms with Gasteiger partial charge in [0.05, 0.1) is 0 Å². The van der Waals surface area contributed by atoms with Crippen molar-refractivity contribution in [2.24, 2.45) is 0 Å². The molecule has 5 aromatic rings. The minimum Gasteiger partial charge on any atom is -0.409 e. The van der Waals surface area contributed by atoms with Gasteiger partial charge in [0.2, 0.25) is 11.2 Å². The zero-order chi connectivity index (χ0) is 30.3. The lowest BCUT2D eigenvalue weighted by Crippen LogP contribution is -2.53. The maximum absolute atomic E-state index is 13.0. The molecule has 0 unspecified atom stereocenters. The van der Waals surface area contributed by atoms with Crippen molar-refractivity contribution in [2.75, 3.05) is 6.61 Å². The van der Waals surface area contributed by atoms with Crippen molar-refractivity contribution in [1.29, 1.82) is 0 Å². The molecule has 1 heterocycles. The number of hydrogen-bond donors (Lipinski definition) is 0. The zero-order valence-electron chi connectivity index (χ0n) is 24.3. The molecule has 5 aromatic carbocycles. The molecule has 4 nitrogen and oxygen atoms in total. The first-order chi connectivity index (χ1) is 21.5. The summed E-state index contributed by atoms with van der Waals surface area (Å²) >= 11 is 0. The molecule has 0 saturated carbocycles. The first-order valence-corrected chi connectivity index (χ1v) is 14.4. The van der Waals surface area contributed by atoms with Gasteiger partial charge in [-0.25, -0.2) is 4.79 Å². The van der Waals surface area contributed by atoms with Gasteiger partial charge in [0, 0.05) is 11.1 Å². The molecular formula is C40H30O4. The Kier molecular flexibility index (Phi) is 8.02. The van der Waals surface area contributed by atoms with E-state index < -0.39 is 23.0 Å². The summed E-state index contributed by atoms with van der Waals surface area (Å²) in [6.45, 7) is 1.59. The van der Waals surface area contributed by atoms with E-state index in [1.165, 1.54) is 0 Å². The van der Waals surface area contributed by atoms with Crippen molar-refractivity contribution in [3.05, 3.63) is 179 Å². The molecule has 0 amide bonds. The second-order valence-electron chi connectivity index (χ2n) is 10.6. The van der Waals surface area contributed by atoms with Crippen LogP contribution in [0.25, 0.3) is 0 Å². The molecule has 1 aliphatic rings. The molecule has 4 heteroatoms. The number of cyclic esters (lactones) is 2. The van der Waals surface area contributed by atoms with Gasteiger partial charge in [0.25, 0.3) is 0 Å². The van der Waals surface area contributed by atoms with E-state index >= 15 is 0 Å². The fourth-order valence-corrected chi connectivity index (χ4v) is 5.37. The van der Waals surface area contributed by atoms with E-state index in [0.717, 1.165) is 27.8 Å². The summed E-state index contributed by atoms with van der Waals surface area (Å²) in [5.74, 6) is 12.8. The van der Waals surface area contributed by atoms with Gasteiger partial charge >= 0.3 is 6.16 Å². The van der Waals surface area contributed by atoms with E-state index in [4.69, 9.17) is 14.2 Å². The third-order valence-corrected chi connectivity index (χ3v) is 7.75. The topological polar surface area (TPSA) is 44.8 Å². The van der Waals surface area contributed by atoms with E-state index in [1.54, 1.807) is 6.92 Å². The predicted octanol–water partition coefficient (Wildman–Crippen LogP) is 7.76. The van der Waals surface area contributed by atoms with E-state index in [-0.39, 0.29) is 6.61 Å². The van der Waals surface area contributed by atoms with Gasteiger partial charge in [-0.1, -0.05) is 139 Å². The highest BCUT2D eigenvalue weighted by Gasteiger charge is 2.61. The third-order valence-electron chi connectivity index (χ3n) is 7.75. The van der Waals surface area contributed by atoms with Gasteiger partial charge in [-0.15, -0.1) is 0 Å². The van der Waals surface area contributed by atoms with Crippen LogP contribution in [0.4, 0.5) is 4.79 Å². The van der Waals surface area contributed by atoms with Crippen LogP contribution in [-0.2, 0) is 19.8 Å². The first-order valence-electron chi connectivity index (χ1n) is 14.4. The number of benzene rings is 5. The van der Waals surface area contributed by atoms with Crippen LogP contribution in [0, 0.1) is 23.7 Å². The second-order valence-corrected chi connectivity index (χ2v) is 10.6. The Hall–Kier alpha value is -5.55. The molecule has 1 fully saturated rings. The molecule has 0 aliphatic carbocycles. The zero-order valence-corrected chi connectivity index (χ0v) is 24.3. The number of hydrogen-bond acceptors (Lipinski definition) is 4. The minimum atomic E-state index is -1.58. The van der Waals surface area contributed by atoms with Crippen molar-refractivity contribution in [2.45, 2.75) is 23.7 Å². The van der Waals surface area contributed by atoms with Gasteiger partial charge in [0.15, 0.2) is 0 Å².